The normalized spacial score (nSPS) is 21.1. The zero-order valence-corrected chi connectivity index (χ0v) is 11.1. The van der Waals surface area contributed by atoms with Gasteiger partial charge in [0.05, 0.1) is 4.92 Å². The molecule has 0 saturated carbocycles. The van der Waals surface area contributed by atoms with Gasteiger partial charge < -0.3 is 9.80 Å². The Hall–Kier alpha value is -1.40. The number of likely N-dealkylation sites (N-methyl/N-ethyl adjacent to an activating group) is 1. The third-order valence-corrected chi connectivity index (χ3v) is 3.49. The van der Waals surface area contributed by atoms with Crippen LogP contribution in [0.1, 0.15) is 6.92 Å². The number of aromatic nitrogens is 1. The molecule has 0 aliphatic carbocycles. The number of anilines is 1. The van der Waals surface area contributed by atoms with Crippen molar-refractivity contribution in [2.75, 3.05) is 31.6 Å². The maximum absolute atomic E-state index is 11.0. The number of piperazine rings is 1. The molecule has 1 aliphatic rings. The molecular weight excluding hydrogens is 256 g/mol. The number of nitro groups is 1. The van der Waals surface area contributed by atoms with Crippen molar-refractivity contribution in [2.24, 2.45) is 0 Å². The van der Waals surface area contributed by atoms with Crippen molar-refractivity contribution in [1.29, 1.82) is 0 Å². The van der Waals surface area contributed by atoms with E-state index in [4.69, 9.17) is 11.6 Å². The summed E-state index contributed by atoms with van der Waals surface area (Å²) in [6.45, 7) is 4.37. The predicted molar refractivity (Wildman–Crippen MR) is 70.2 cm³/mol. The van der Waals surface area contributed by atoms with Crippen LogP contribution in [0.5, 0.6) is 0 Å². The largest absolute Gasteiger partial charge is 0.348 e. The average molecular weight is 271 g/mol. The molecule has 1 aromatic rings. The lowest BCUT2D eigenvalue weighted by molar-refractivity contribution is -0.384. The second-order valence-corrected chi connectivity index (χ2v) is 4.90. The fourth-order valence-corrected chi connectivity index (χ4v) is 2.18. The van der Waals surface area contributed by atoms with Gasteiger partial charge in [-0.05, 0) is 20.0 Å². The lowest BCUT2D eigenvalue weighted by atomic mass is 10.2. The van der Waals surface area contributed by atoms with E-state index >= 15 is 0 Å². The Morgan fingerprint density at radius 3 is 2.83 bits per heavy atom. The van der Waals surface area contributed by atoms with E-state index in [1.807, 2.05) is 11.9 Å². The van der Waals surface area contributed by atoms with E-state index in [1.165, 1.54) is 12.1 Å². The molecular formula is C11H15ClN4O2. The van der Waals surface area contributed by atoms with E-state index in [2.05, 4.69) is 16.8 Å². The maximum Gasteiger partial charge on any atom is 0.311 e. The van der Waals surface area contributed by atoms with Crippen molar-refractivity contribution in [3.8, 4) is 0 Å². The molecule has 2 heterocycles. The van der Waals surface area contributed by atoms with Gasteiger partial charge in [-0.3, -0.25) is 10.1 Å². The van der Waals surface area contributed by atoms with Crippen molar-refractivity contribution in [2.45, 2.75) is 13.0 Å². The Morgan fingerprint density at radius 1 is 1.50 bits per heavy atom. The summed E-state index contributed by atoms with van der Waals surface area (Å²) < 4.78 is 0. The van der Waals surface area contributed by atoms with E-state index in [0.29, 0.717) is 18.4 Å². The van der Waals surface area contributed by atoms with Gasteiger partial charge in [0.25, 0.3) is 0 Å². The number of nitrogens with zero attached hydrogens (tertiary/aromatic N) is 4. The Balaban J connectivity index is 2.32. The van der Waals surface area contributed by atoms with E-state index in [-0.39, 0.29) is 10.8 Å². The van der Waals surface area contributed by atoms with Crippen molar-refractivity contribution in [3.63, 3.8) is 0 Å². The van der Waals surface area contributed by atoms with Crippen LogP contribution in [0.2, 0.25) is 5.15 Å². The van der Waals surface area contributed by atoms with Gasteiger partial charge in [0, 0.05) is 31.7 Å². The molecule has 0 bridgehead atoms. The summed E-state index contributed by atoms with van der Waals surface area (Å²) in [4.78, 5) is 18.8. The first-order valence-corrected chi connectivity index (χ1v) is 6.13. The van der Waals surface area contributed by atoms with E-state index in [1.54, 1.807) is 0 Å². The first-order valence-electron chi connectivity index (χ1n) is 5.75. The fourth-order valence-electron chi connectivity index (χ4n) is 2.03. The molecule has 0 amide bonds. The van der Waals surface area contributed by atoms with Crippen LogP contribution in [-0.4, -0.2) is 47.5 Å². The number of rotatable bonds is 2. The van der Waals surface area contributed by atoms with Gasteiger partial charge in [-0.2, -0.15) is 0 Å². The molecule has 98 valence electrons. The fraction of sp³-hybridized carbons (Fsp3) is 0.545. The zero-order chi connectivity index (χ0) is 13.3. The molecule has 1 saturated heterocycles. The van der Waals surface area contributed by atoms with Crippen LogP contribution in [0.15, 0.2) is 12.1 Å². The molecule has 0 aromatic carbocycles. The molecule has 0 N–H and O–H groups in total. The second-order valence-electron chi connectivity index (χ2n) is 4.51. The predicted octanol–water partition coefficient (Wildman–Crippen LogP) is 1.78. The lowest BCUT2D eigenvalue weighted by Gasteiger charge is -2.37. The minimum atomic E-state index is -0.415. The summed E-state index contributed by atoms with van der Waals surface area (Å²) in [6.07, 6.45) is 0. The van der Waals surface area contributed by atoms with Gasteiger partial charge in [0.2, 0.25) is 5.82 Å². The monoisotopic (exact) mass is 270 g/mol. The van der Waals surface area contributed by atoms with Crippen LogP contribution < -0.4 is 4.90 Å². The topological polar surface area (TPSA) is 62.5 Å². The van der Waals surface area contributed by atoms with Crippen LogP contribution in [0.3, 0.4) is 0 Å². The van der Waals surface area contributed by atoms with Crippen LogP contribution in [0.25, 0.3) is 0 Å². The molecule has 1 aliphatic heterocycles. The van der Waals surface area contributed by atoms with Crippen LogP contribution in [0.4, 0.5) is 11.5 Å². The van der Waals surface area contributed by atoms with Gasteiger partial charge in [-0.1, -0.05) is 11.6 Å². The molecule has 1 aromatic heterocycles. The van der Waals surface area contributed by atoms with Gasteiger partial charge >= 0.3 is 5.69 Å². The summed E-state index contributed by atoms with van der Waals surface area (Å²) in [5.41, 5.74) is 0.0103. The molecule has 0 radical (unpaired) electrons. The Morgan fingerprint density at radius 2 is 2.22 bits per heavy atom. The van der Waals surface area contributed by atoms with Crippen LogP contribution >= 0.6 is 11.6 Å². The third kappa shape index (κ3) is 2.54. The van der Waals surface area contributed by atoms with E-state index < -0.39 is 4.92 Å². The highest BCUT2D eigenvalue weighted by atomic mass is 35.5. The second kappa shape index (κ2) is 5.07. The van der Waals surface area contributed by atoms with Crippen LogP contribution in [0, 0.1) is 10.1 Å². The average Bonchev–Trinajstić information content (AvgIpc) is 2.32. The van der Waals surface area contributed by atoms with Crippen molar-refractivity contribution >= 4 is 23.1 Å². The quantitative estimate of drug-likeness (QED) is 0.466. The van der Waals surface area contributed by atoms with Crippen LogP contribution in [-0.2, 0) is 0 Å². The number of halogens is 1. The summed E-state index contributed by atoms with van der Waals surface area (Å²) >= 11 is 5.83. The summed E-state index contributed by atoms with van der Waals surface area (Å²) in [7, 11) is 2.04. The zero-order valence-electron chi connectivity index (χ0n) is 10.3. The number of hydrogen-bond acceptors (Lipinski definition) is 5. The number of pyridine rings is 1. The highest BCUT2D eigenvalue weighted by Crippen LogP contribution is 2.29. The van der Waals surface area contributed by atoms with E-state index in [0.717, 1.165) is 13.1 Å². The first-order chi connectivity index (χ1) is 8.49. The third-order valence-electron chi connectivity index (χ3n) is 3.28. The smallest absolute Gasteiger partial charge is 0.311 e. The molecule has 6 nitrogen and oxygen atoms in total. The van der Waals surface area contributed by atoms with Gasteiger partial charge in [-0.15, -0.1) is 0 Å². The lowest BCUT2D eigenvalue weighted by Crippen LogP contribution is -2.50. The highest BCUT2D eigenvalue weighted by Gasteiger charge is 2.27. The molecule has 0 spiro atoms. The molecule has 7 heteroatoms. The van der Waals surface area contributed by atoms with Crippen molar-refractivity contribution < 1.29 is 4.92 Å². The molecule has 1 fully saturated rings. The SMILES string of the molecule is CC1CN(c2nc(Cl)ccc2[N+](=O)[O-])CCN1C. The van der Waals surface area contributed by atoms with Gasteiger partial charge in [-0.25, -0.2) is 4.98 Å². The molecule has 1 atom stereocenters. The minimum Gasteiger partial charge on any atom is -0.348 e. The summed E-state index contributed by atoms with van der Waals surface area (Å²) in [6, 6.07) is 3.19. The Bertz CT molecular complexity index is 468. The molecule has 1 unspecified atom stereocenters. The molecule has 2 rings (SSSR count). The van der Waals surface area contributed by atoms with Gasteiger partial charge in [0.15, 0.2) is 0 Å². The highest BCUT2D eigenvalue weighted by molar-refractivity contribution is 6.29. The maximum atomic E-state index is 11.0. The Kier molecular flexibility index (Phi) is 3.68. The van der Waals surface area contributed by atoms with Crippen molar-refractivity contribution in [1.82, 2.24) is 9.88 Å². The Labute approximate surface area is 110 Å². The summed E-state index contributed by atoms with van der Waals surface area (Å²) in [5, 5.41) is 11.3. The summed E-state index contributed by atoms with van der Waals surface area (Å²) in [5.74, 6) is 0.368. The van der Waals surface area contributed by atoms with E-state index in [9.17, 15) is 10.1 Å². The molecule has 18 heavy (non-hydrogen) atoms. The minimum absolute atomic E-state index is 0.0103. The standard InChI is InChI=1S/C11H15ClN4O2/c1-8-7-15(6-5-14(8)2)11-9(16(17)18)3-4-10(12)13-11/h3-4,8H,5-7H2,1-2H3. The van der Waals surface area contributed by atoms with Gasteiger partial charge in [0.1, 0.15) is 5.15 Å². The van der Waals surface area contributed by atoms with Crippen molar-refractivity contribution in [3.05, 3.63) is 27.4 Å². The first kappa shape index (κ1) is 13.0. The number of hydrogen-bond donors (Lipinski definition) is 0.